The van der Waals surface area contributed by atoms with Crippen molar-refractivity contribution in [1.82, 2.24) is 9.47 Å². The summed E-state index contributed by atoms with van der Waals surface area (Å²) in [6.45, 7) is 6.15. The highest BCUT2D eigenvalue weighted by Gasteiger charge is 2.35. The molecular formula is C24H21FN2O2S. The molecule has 2 heterocycles. The Labute approximate surface area is 179 Å². The Balaban J connectivity index is 1.61. The molecule has 1 aromatic heterocycles. The Kier molecular flexibility index (Phi) is 5.35. The van der Waals surface area contributed by atoms with Crippen molar-refractivity contribution in [3.63, 3.8) is 0 Å². The summed E-state index contributed by atoms with van der Waals surface area (Å²) in [5, 5.41) is -0.265. The highest BCUT2D eigenvalue weighted by molar-refractivity contribution is 8.18. The molecule has 4 nitrogen and oxygen atoms in total. The van der Waals surface area contributed by atoms with Crippen molar-refractivity contribution in [2.45, 2.75) is 27.3 Å². The molecule has 1 aliphatic rings. The first-order valence-corrected chi connectivity index (χ1v) is 10.4. The van der Waals surface area contributed by atoms with Crippen LogP contribution in [0.3, 0.4) is 0 Å². The smallest absolute Gasteiger partial charge is 0.293 e. The Bertz CT molecular complexity index is 1160. The Morgan fingerprint density at radius 1 is 0.967 bits per heavy atom. The van der Waals surface area contributed by atoms with Gasteiger partial charge >= 0.3 is 0 Å². The average Bonchev–Trinajstić information content (AvgIpc) is 3.14. The van der Waals surface area contributed by atoms with Gasteiger partial charge in [0.25, 0.3) is 11.1 Å². The second-order valence-corrected chi connectivity index (χ2v) is 8.38. The lowest BCUT2D eigenvalue weighted by Crippen LogP contribution is -2.27. The highest BCUT2D eigenvalue weighted by atomic mass is 32.2. The van der Waals surface area contributed by atoms with Crippen LogP contribution in [0.1, 0.15) is 28.1 Å². The second kappa shape index (κ2) is 7.95. The molecule has 0 bridgehead atoms. The van der Waals surface area contributed by atoms with E-state index in [1.807, 2.05) is 55.7 Å². The molecule has 2 amide bonds. The van der Waals surface area contributed by atoms with Crippen molar-refractivity contribution in [1.29, 1.82) is 0 Å². The fourth-order valence-corrected chi connectivity index (χ4v) is 4.40. The van der Waals surface area contributed by atoms with Gasteiger partial charge < -0.3 is 4.57 Å². The second-order valence-electron chi connectivity index (χ2n) is 7.39. The molecule has 1 aliphatic heterocycles. The summed E-state index contributed by atoms with van der Waals surface area (Å²) in [5.41, 5.74) is 5.63. The lowest BCUT2D eigenvalue weighted by molar-refractivity contribution is -0.123. The van der Waals surface area contributed by atoms with Crippen molar-refractivity contribution in [3.05, 3.63) is 93.4 Å². The lowest BCUT2D eigenvalue weighted by Gasteiger charge is -2.12. The maximum absolute atomic E-state index is 13.3. The Hall–Kier alpha value is -3.12. The molecule has 0 spiro atoms. The molecule has 0 saturated carbocycles. The van der Waals surface area contributed by atoms with Gasteiger partial charge in [-0.1, -0.05) is 29.8 Å². The summed E-state index contributed by atoms with van der Waals surface area (Å²) in [7, 11) is 0. The summed E-state index contributed by atoms with van der Waals surface area (Å²) in [4.78, 5) is 27.0. The van der Waals surface area contributed by atoms with Crippen LogP contribution in [-0.4, -0.2) is 20.6 Å². The number of hydrogen-bond acceptors (Lipinski definition) is 3. The number of thioether (sulfide) groups is 1. The minimum atomic E-state index is -0.288. The van der Waals surface area contributed by atoms with Gasteiger partial charge in [-0.25, -0.2) is 4.39 Å². The van der Waals surface area contributed by atoms with E-state index in [0.29, 0.717) is 4.91 Å². The SMILES string of the molecule is Cc1ccc(CN2C(=O)S/C(=C\c3cc(C)n(-c4ccc(F)cc4)c3C)C2=O)cc1. The summed E-state index contributed by atoms with van der Waals surface area (Å²) in [5.74, 6) is -0.569. The molecule has 0 N–H and O–H groups in total. The molecular weight excluding hydrogens is 399 g/mol. The fraction of sp³-hybridized carbons (Fsp3) is 0.167. The van der Waals surface area contributed by atoms with E-state index in [-0.39, 0.29) is 23.5 Å². The summed E-state index contributed by atoms with van der Waals surface area (Å²) >= 11 is 0.960. The van der Waals surface area contributed by atoms with Crippen molar-refractivity contribution < 1.29 is 14.0 Å². The molecule has 0 atom stereocenters. The van der Waals surface area contributed by atoms with E-state index < -0.39 is 0 Å². The van der Waals surface area contributed by atoms with E-state index in [1.54, 1.807) is 18.2 Å². The summed E-state index contributed by atoms with van der Waals surface area (Å²) < 4.78 is 15.3. The number of carbonyl (C=O) groups is 2. The van der Waals surface area contributed by atoms with Gasteiger partial charge in [0, 0.05) is 17.1 Å². The molecule has 0 unspecified atom stereocenters. The first kappa shape index (κ1) is 20.2. The third kappa shape index (κ3) is 3.83. The molecule has 3 aromatic rings. The minimum absolute atomic E-state index is 0.261. The van der Waals surface area contributed by atoms with E-state index in [1.165, 1.54) is 17.0 Å². The molecule has 1 saturated heterocycles. The summed E-state index contributed by atoms with van der Waals surface area (Å²) in [6.07, 6.45) is 1.77. The van der Waals surface area contributed by atoms with Gasteiger partial charge in [0.15, 0.2) is 0 Å². The van der Waals surface area contributed by atoms with Crippen LogP contribution < -0.4 is 0 Å². The zero-order valence-corrected chi connectivity index (χ0v) is 17.8. The maximum Gasteiger partial charge on any atom is 0.293 e. The number of hydrogen-bond donors (Lipinski definition) is 0. The van der Waals surface area contributed by atoms with Crippen LogP contribution >= 0.6 is 11.8 Å². The van der Waals surface area contributed by atoms with Crippen LogP contribution in [0.25, 0.3) is 11.8 Å². The first-order valence-electron chi connectivity index (χ1n) is 9.59. The standard InChI is InChI=1S/C24H21FN2O2S/c1-15-4-6-18(7-5-15)14-26-23(28)22(30-24(26)29)13-19-12-16(2)27(17(19)3)21-10-8-20(25)9-11-21/h4-13H,14H2,1-3H3/b22-13-. The van der Waals surface area contributed by atoms with Crippen LogP contribution in [0.4, 0.5) is 9.18 Å². The third-order valence-electron chi connectivity index (χ3n) is 5.18. The lowest BCUT2D eigenvalue weighted by atomic mass is 10.1. The van der Waals surface area contributed by atoms with Gasteiger partial charge in [0.2, 0.25) is 0 Å². The van der Waals surface area contributed by atoms with E-state index in [2.05, 4.69) is 0 Å². The molecule has 1 fully saturated rings. The average molecular weight is 421 g/mol. The van der Waals surface area contributed by atoms with Crippen LogP contribution in [-0.2, 0) is 11.3 Å². The summed E-state index contributed by atoms with van der Waals surface area (Å²) in [6, 6.07) is 16.0. The number of aromatic nitrogens is 1. The Morgan fingerprint density at radius 2 is 1.63 bits per heavy atom. The van der Waals surface area contributed by atoms with Crippen LogP contribution in [0, 0.1) is 26.6 Å². The van der Waals surface area contributed by atoms with Gasteiger partial charge in [0.1, 0.15) is 5.82 Å². The Morgan fingerprint density at radius 3 is 2.30 bits per heavy atom. The number of halogens is 1. The van der Waals surface area contributed by atoms with Crippen molar-refractivity contribution in [3.8, 4) is 5.69 Å². The van der Waals surface area contributed by atoms with Gasteiger partial charge in [-0.3, -0.25) is 14.5 Å². The molecule has 152 valence electrons. The number of rotatable bonds is 4. The zero-order valence-electron chi connectivity index (χ0n) is 17.0. The molecule has 0 aliphatic carbocycles. The van der Waals surface area contributed by atoms with Gasteiger partial charge in [-0.05, 0) is 80.1 Å². The van der Waals surface area contributed by atoms with E-state index in [0.717, 1.165) is 45.5 Å². The molecule has 2 aromatic carbocycles. The highest BCUT2D eigenvalue weighted by Crippen LogP contribution is 2.34. The number of aryl methyl sites for hydroxylation is 2. The maximum atomic E-state index is 13.3. The topological polar surface area (TPSA) is 42.3 Å². The van der Waals surface area contributed by atoms with E-state index >= 15 is 0 Å². The first-order chi connectivity index (χ1) is 14.3. The van der Waals surface area contributed by atoms with Crippen LogP contribution in [0.2, 0.25) is 0 Å². The third-order valence-corrected chi connectivity index (χ3v) is 6.08. The van der Waals surface area contributed by atoms with Crippen LogP contribution in [0.5, 0.6) is 0 Å². The number of imide groups is 1. The van der Waals surface area contributed by atoms with Gasteiger partial charge in [-0.2, -0.15) is 0 Å². The normalized spacial score (nSPS) is 15.5. The number of amides is 2. The number of benzene rings is 2. The van der Waals surface area contributed by atoms with E-state index in [9.17, 15) is 14.0 Å². The molecule has 0 radical (unpaired) electrons. The van der Waals surface area contributed by atoms with Gasteiger partial charge in [-0.15, -0.1) is 0 Å². The van der Waals surface area contributed by atoms with Crippen molar-refractivity contribution in [2.24, 2.45) is 0 Å². The number of carbonyl (C=O) groups excluding carboxylic acids is 2. The van der Waals surface area contributed by atoms with E-state index in [4.69, 9.17) is 0 Å². The minimum Gasteiger partial charge on any atom is -0.318 e. The monoisotopic (exact) mass is 420 g/mol. The predicted octanol–water partition coefficient (Wildman–Crippen LogP) is 5.78. The largest absolute Gasteiger partial charge is 0.318 e. The van der Waals surface area contributed by atoms with Gasteiger partial charge in [0.05, 0.1) is 11.4 Å². The quantitative estimate of drug-likeness (QED) is 0.503. The molecule has 30 heavy (non-hydrogen) atoms. The molecule has 4 rings (SSSR count). The van der Waals surface area contributed by atoms with Crippen LogP contribution in [0.15, 0.2) is 59.5 Å². The fourth-order valence-electron chi connectivity index (χ4n) is 3.57. The number of nitrogens with zero attached hydrogens (tertiary/aromatic N) is 2. The predicted molar refractivity (Wildman–Crippen MR) is 118 cm³/mol. The van der Waals surface area contributed by atoms with Crippen molar-refractivity contribution in [2.75, 3.05) is 0 Å². The zero-order chi connectivity index (χ0) is 21.4. The van der Waals surface area contributed by atoms with Crippen molar-refractivity contribution >= 4 is 29.0 Å². The molecule has 6 heteroatoms.